The maximum absolute atomic E-state index is 13.2. The van der Waals surface area contributed by atoms with Crippen LogP contribution in [0.1, 0.15) is 25.3 Å². The number of aryl methyl sites for hydroxylation is 1. The highest BCUT2D eigenvalue weighted by Gasteiger charge is 2.33. The van der Waals surface area contributed by atoms with Gasteiger partial charge in [-0.2, -0.15) is 8.42 Å². The molecular formula is C22H27N5O7S2. The van der Waals surface area contributed by atoms with Crippen LogP contribution in [0, 0.1) is 22.5 Å². The molecule has 36 heavy (non-hydrogen) atoms. The summed E-state index contributed by atoms with van der Waals surface area (Å²) in [7, 11) is -7.53. The molecule has 4 rings (SSSR count). The number of hydrogen-bond donors (Lipinski definition) is 1. The van der Waals surface area contributed by atoms with Crippen molar-refractivity contribution in [1.82, 2.24) is 14.0 Å². The molecule has 12 nitrogen and oxygen atoms in total. The Kier molecular flexibility index (Phi) is 6.81. The first-order valence-electron chi connectivity index (χ1n) is 11.1. The highest BCUT2D eigenvalue weighted by Crippen LogP contribution is 2.36. The molecule has 14 heteroatoms. The maximum atomic E-state index is 13.2. The van der Waals surface area contributed by atoms with Gasteiger partial charge in [0, 0.05) is 19.3 Å². The highest BCUT2D eigenvalue weighted by molar-refractivity contribution is 7.90. The Balaban J connectivity index is 1.63. The maximum Gasteiger partial charge on any atom is 0.312 e. The molecule has 1 fully saturated rings. The third-order valence-electron chi connectivity index (χ3n) is 6.30. The molecule has 0 bridgehead atoms. The molecule has 3 aromatic rings. The smallest absolute Gasteiger partial charge is 0.312 e. The Hall–Kier alpha value is -3.07. The van der Waals surface area contributed by atoms with Gasteiger partial charge in [0.2, 0.25) is 0 Å². The Morgan fingerprint density at radius 1 is 1.14 bits per heavy atom. The van der Waals surface area contributed by atoms with E-state index in [1.165, 1.54) is 24.4 Å². The van der Waals surface area contributed by atoms with Crippen molar-refractivity contribution in [3.8, 4) is 0 Å². The SMILES string of the molecule is Cc1ccc(S(=O)(=O)n2ccc3c(NN4CCC(C)(COS(C)(=O)=O)CC4)c([N+](=O)[O-])cnc32)cc1. The summed E-state index contributed by atoms with van der Waals surface area (Å²) >= 11 is 0. The topological polar surface area (TPSA) is 154 Å². The lowest BCUT2D eigenvalue weighted by Crippen LogP contribution is -2.43. The molecule has 1 aliphatic rings. The quantitative estimate of drug-likeness (QED) is 0.258. The number of benzene rings is 1. The van der Waals surface area contributed by atoms with Crippen molar-refractivity contribution in [3.63, 3.8) is 0 Å². The van der Waals surface area contributed by atoms with Crippen molar-refractivity contribution in [2.24, 2.45) is 5.41 Å². The van der Waals surface area contributed by atoms with Gasteiger partial charge in [-0.1, -0.05) is 24.6 Å². The number of pyridine rings is 1. The lowest BCUT2D eigenvalue weighted by Gasteiger charge is -2.39. The number of rotatable bonds is 8. The number of anilines is 1. The third kappa shape index (κ3) is 5.36. The van der Waals surface area contributed by atoms with Crippen LogP contribution >= 0.6 is 0 Å². The summed E-state index contributed by atoms with van der Waals surface area (Å²) in [5.41, 5.74) is 3.53. The van der Waals surface area contributed by atoms with Crippen molar-refractivity contribution in [1.29, 1.82) is 0 Å². The van der Waals surface area contributed by atoms with Crippen molar-refractivity contribution < 1.29 is 25.9 Å². The number of hydrogen-bond acceptors (Lipinski definition) is 10. The molecule has 0 aliphatic carbocycles. The zero-order chi connectivity index (χ0) is 26.3. The number of nitrogens with one attached hydrogen (secondary N) is 1. The second-order valence-electron chi connectivity index (χ2n) is 9.32. The van der Waals surface area contributed by atoms with Gasteiger partial charge in [0.1, 0.15) is 11.9 Å². The second-order valence-corrected chi connectivity index (χ2v) is 12.8. The number of nitrogens with zero attached hydrogens (tertiary/aromatic N) is 4. The minimum Gasteiger partial charge on any atom is -0.312 e. The first kappa shape index (κ1) is 26.0. The summed E-state index contributed by atoms with van der Waals surface area (Å²) in [5.74, 6) is 0. The largest absolute Gasteiger partial charge is 0.312 e. The van der Waals surface area contributed by atoms with E-state index in [1.807, 2.05) is 13.8 Å². The molecule has 3 heterocycles. The Labute approximate surface area is 209 Å². The predicted molar refractivity (Wildman–Crippen MR) is 133 cm³/mol. The standard InChI is InChI=1S/C22H27N5O7S2/c1-16-4-6-17(7-5-16)36(32,33)26-11-8-18-20(19(27(28)29)14-23-21(18)26)24-25-12-9-22(2,10-13-25)15-34-35(3,30)31/h4-8,11,14H,9-10,12-13,15H2,1-3H3,(H,23,24). The van der Waals surface area contributed by atoms with Gasteiger partial charge >= 0.3 is 5.69 Å². The number of hydrazine groups is 1. The average molecular weight is 538 g/mol. The molecule has 1 N–H and O–H groups in total. The van der Waals surface area contributed by atoms with E-state index < -0.39 is 25.1 Å². The molecule has 0 saturated carbocycles. The second kappa shape index (κ2) is 9.42. The number of piperidine rings is 1. The van der Waals surface area contributed by atoms with Gasteiger partial charge in [0.05, 0.1) is 28.1 Å². The molecule has 0 atom stereocenters. The molecule has 194 valence electrons. The van der Waals surface area contributed by atoms with E-state index in [0.717, 1.165) is 22.0 Å². The average Bonchev–Trinajstić information content (AvgIpc) is 3.25. The van der Waals surface area contributed by atoms with Gasteiger partial charge in [-0.3, -0.25) is 14.3 Å². The van der Waals surface area contributed by atoms with Crippen LogP contribution in [0.3, 0.4) is 0 Å². The fourth-order valence-corrected chi connectivity index (χ4v) is 5.84. The summed E-state index contributed by atoms with van der Waals surface area (Å²) in [6, 6.07) is 7.86. The number of aromatic nitrogens is 2. The van der Waals surface area contributed by atoms with Crippen LogP contribution in [-0.2, 0) is 24.3 Å². The lowest BCUT2D eigenvalue weighted by atomic mass is 9.82. The first-order valence-corrected chi connectivity index (χ1v) is 14.4. The highest BCUT2D eigenvalue weighted by atomic mass is 32.2. The third-order valence-corrected chi connectivity index (χ3v) is 8.52. The Morgan fingerprint density at radius 3 is 2.36 bits per heavy atom. The van der Waals surface area contributed by atoms with Gasteiger partial charge in [-0.15, -0.1) is 0 Å². The van der Waals surface area contributed by atoms with Crippen LogP contribution < -0.4 is 5.43 Å². The fourth-order valence-electron chi connectivity index (χ4n) is 4.04. The van der Waals surface area contributed by atoms with E-state index in [-0.39, 0.29) is 39.3 Å². The van der Waals surface area contributed by atoms with E-state index in [4.69, 9.17) is 4.18 Å². The van der Waals surface area contributed by atoms with Crippen LogP contribution in [0.5, 0.6) is 0 Å². The first-order chi connectivity index (χ1) is 16.8. The molecule has 1 aromatic carbocycles. The summed E-state index contributed by atoms with van der Waals surface area (Å²) in [5, 5.41) is 13.8. The lowest BCUT2D eigenvalue weighted by molar-refractivity contribution is -0.384. The predicted octanol–water partition coefficient (Wildman–Crippen LogP) is 2.90. The normalized spacial score (nSPS) is 16.8. The van der Waals surface area contributed by atoms with E-state index in [2.05, 4.69) is 10.4 Å². The van der Waals surface area contributed by atoms with Gasteiger partial charge in [-0.25, -0.2) is 22.4 Å². The Bertz CT molecular complexity index is 1510. The Morgan fingerprint density at radius 2 is 1.78 bits per heavy atom. The van der Waals surface area contributed by atoms with Crippen LogP contribution in [0.2, 0.25) is 0 Å². The molecule has 0 amide bonds. The summed E-state index contributed by atoms with van der Waals surface area (Å²) < 4.78 is 55.2. The van der Waals surface area contributed by atoms with Gasteiger partial charge in [0.15, 0.2) is 5.65 Å². The van der Waals surface area contributed by atoms with Crippen molar-refractivity contribution in [2.75, 3.05) is 31.4 Å². The van der Waals surface area contributed by atoms with E-state index in [0.29, 0.717) is 25.9 Å². The molecule has 2 aromatic heterocycles. The van der Waals surface area contributed by atoms with Crippen LogP contribution in [0.15, 0.2) is 47.6 Å². The molecule has 0 spiro atoms. The zero-order valence-corrected chi connectivity index (χ0v) is 21.7. The minimum atomic E-state index is -3.98. The van der Waals surface area contributed by atoms with Crippen molar-refractivity contribution >= 4 is 42.5 Å². The molecule has 0 unspecified atom stereocenters. The zero-order valence-electron chi connectivity index (χ0n) is 20.0. The van der Waals surface area contributed by atoms with E-state index in [9.17, 15) is 26.9 Å². The molecule has 0 radical (unpaired) electrons. The van der Waals surface area contributed by atoms with Gasteiger partial charge in [0.25, 0.3) is 20.1 Å². The van der Waals surface area contributed by atoms with E-state index in [1.54, 1.807) is 17.1 Å². The molecule has 1 saturated heterocycles. The van der Waals surface area contributed by atoms with Crippen LogP contribution in [0.4, 0.5) is 11.4 Å². The summed E-state index contributed by atoms with van der Waals surface area (Å²) in [4.78, 5) is 15.4. The van der Waals surface area contributed by atoms with Crippen molar-refractivity contribution in [2.45, 2.75) is 31.6 Å². The molecular weight excluding hydrogens is 510 g/mol. The monoisotopic (exact) mass is 537 g/mol. The summed E-state index contributed by atoms with van der Waals surface area (Å²) in [6.45, 7) is 4.76. The number of nitro groups is 1. The van der Waals surface area contributed by atoms with Gasteiger partial charge < -0.3 is 5.43 Å². The van der Waals surface area contributed by atoms with Crippen LogP contribution in [0.25, 0.3) is 11.0 Å². The summed E-state index contributed by atoms with van der Waals surface area (Å²) in [6.07, 6.45) is 4.55. The fraction of sp³-hybridized carbons (Fsp3) is 0.409. The minimum absolute atomic E-state index is 0.0546. The van der Waals surface area contributed by atoms with Crippen LogP contribution in [-0.4, -0.2) is 61.7 Å². The molecule has 1 aliphatic heterocycles. The number of fused-ring (bicyclic) bond motifs is 1. The van der Waals surface area contributed by atoms with E-state index >= 15 is 0 Å². The van der Waals surface area contributed by atoms with Gasteiger partial charge in [-0.05, 0) is 43.4 Å². The van der Waals surface area contributed by atoms with Crippen molar-refractivity contribution in [3.05, 3.63) is 58.4 Å².